The fourth-order valence-electron chi connectivity index (χ4n) is 3.91. The molecule has 0 heterocycles. The van der Waals surface area contributed by atoms with Crippen LogP contribution >= 0.6 is 24.8 Å². The molecule has 0 N–H and O–H groups in total. The Morgan fingerprint density at radius 3 is 1.40 bits per heavy atom. The van der Waals surface area contributed by atoms with Gasteiger partial charge in [-0.2, -0.15) is 0 Å². The van der Waals surface area contributed by atoms with E-state index in [1.807, 2.05) is 0 Å². The molecule has 0 aromatic heterocycles. The van der Waals surface area contributed by atoms with Gasteiger partial charge in [0.05, 0.1) is 0 Å². The number of allylic oxidation sites excluding steroid dienone is 8. The normalized spacial score (nSPS) is 30.8. The molecule has 0 saturated carbocycles. The van der Waals surface area contributed by atoms with Crippen LogP contribution in [0.2, 0.25) is 19.3 Å². The van der Waals surface area contributed by atoms with Gasteiger partial charge in [0.1, 0.15) is 0 Å². The summed E-state index contributed by atoms with van der Waals surface area (Å²) < 4.78 is 0.875. The van der Waals surface area contributed by atoms with Crippen LogP contribution in [-0.4, -0.2) is 5.92 Å². The summed E-state index contributed by atoms with van der Waals surface area (Å²) in [6, 6.07) is 0. The molecule has 0 aromatic rings. The number of halogens is 2. The van der Waals surface area contributed by atoms with Crippen LogP contribution < -0.4 is 0 Å². The van der Waals surface area contributed by atoms with Crippen molar-refractivity contribution < 1.29 is 20.9 Å². The molecule has 0 fully saturated rings. The first-order valence-corrected chi connectivity index (χ1v) is 16.5. The Morgan fingerprint density at radius 2 is 1.20 bits per heavy atom. The quantitative estimate of drug-likeness (QED) is 0.515. The second-order valence-corrected chi connectivity index (χ2v) is 28.1. The van der Waals surface area contributed by atoms with E-state index < -0.39 is 26.8 Å². The van der Waals surface area contributed by atoms with Crippen LogP contribution in [0.3, 0.4) is 0 Å². The van der Waals surface area contributed by atoms with Gasteiger partial charge in [0.15, 0.2) is 0 Å². The van der Waals surface area contributed by atoms with E-state index >= 15 is 0 Å². The van der Waals surface area contributed by atoms with Crippen molar-refractivity contribution in [3.05, 3.63) is 47.6 Å². The molecule has 0 bridgehead atoms. The second kappa shape index (κ2) is 7.27. The summed E-state index contributed by atoms with van der Waals surface area (Å²) in [5, 5.41) is 0. The minimum atomic E-state index is -1.59. The zero-order valence-corrected chi connectivity index (χ0v) is 18.6. The molecule has 0 aliphatic heterocycles. The summed E-state index contributed by atoms with van der Waals surface area (Å²) in [5.74, 6) is -0.576. The second-order valence-electron chi connectivity index (χ2n) is 6.58. The molecular weight excluding hydrogens is 382 g/mol. The molecule has 0 nitrogen and oxygen atoms in total. The molecule has 0 aromatic carbocycles. The minimum absolute atomic E-state index is 0. The summed E-state index contributed by atoms with van der Waals surface area (Å²) in [6.45, 7) is 14.7. The average Bonchev–Trinajstić information content (AvgIpc) is 2.71. The van der Waals surface area contributed by atoms with Crippen LogP contribution in [0.5, 0.6) is 0 Å². The predicted octanol–water partition coefficient (Wildman–Crippen LogP) is 5.82. The van der Waals surface area contributed by atoms with Gasteiger partial charge in [0.25, 0.3) is 0 Å². The van der Waals surface area contributed by atoms with Gasteiger partial charge in [0, 0.05) is 0 Å². The van der Waals surface area contributed by atoms with Gasteiger partial charge in [-0.3, -0.25) is 0 Å². The van der Waals surface area contributed by atoms with Gasteiger partial charge in [0.2, 0.25) is 0 Å². The van der Waals surface area contributed by atoms with Gasteiger partial charge < -0.3 is 0 Å². The first-order chi connectivity index (χ1) is 8.27. The standard InChI is InChI=1S/2C7H9.C2H7Si.2ClH.Zr/c2*1-6-3-4-7(2)5-6;1-3-2;;;/h2*3-5H,1-2H3;3H,1-2H3;2*1H;. The zero-order chi connectivity index (χ0) is 13.6. The molecular formula is C16H27Cl2SiZr. The van der Waals surface area contributed by atoms with E-state index in [9.17, 15) is 0 Å². The van der Waals surface area contributed by atoms with Crippen LogP contribution in [0.1, 0.15) is 27.7 Å². The van der Waals surface area contributed by atoms with E-state index in [0.29, 0.717) is 6.25 Å². The number of rotatable bonds is 3. The first-order valence-electron chi connectivity index (χ1n) is 6.92. The third-order valence-electron chi connectivity index (χ3n) is 4.18. The van der Waals surface area contributed by atoms with Crippen molar-refractivity contribution in [3.8, 4) is 0 Å². The molecule has 4 heteroatoms. The summed E-state index contributed by atoms with van der Waals surface area (Å²) in [4.78, 5) is 0. The van der Waals surface area contributed by atoms with Crippen molar-refractivity contribution >= 4 is 30.7 Å². The maximum atomic E-state index is 2.58. The average molecular weight is 410 g/mol. The Bertz CT molecular complexity index is 439. The monoisotopic (exact) mass is 407 g/mol. The van der Waals surface area contributed by atoms with E-state index in [2.05, 4.69) is 77.2 Å². The van der Waals surface area contributed by atoms with Gasteiger partial charge in [-0.25, -0.2) is 0 Å². The van der Waals surface area contributed by atoms with Crippen LogP contribution in [0.15, 0.2) is 47.6 Å². The molecule has 2 aliphatic carbocycles. The Balaban J connectivity index is 0.00000180. The zero-order valence-electron chi connectivity index (χ0n) is 13.4. The summed E-state index contributed by atoms with van der Waals surface area (Å²) >= 11 is -1.59. The van der Waals surface area contributed by atoms with E-state index in [-0.39, 0.29) is 24.8 Å². The van der Waals surface area contributed by atoms with Crippen molar-refractivity contribution in [1.29, 1.82) is 0 Å². The van der Waals surface area contributed by atoms with Crippen molar-refractivity contribution in [3.63, 3.8) is 0 Å². The van der Waals surface area contributed by atoms with Crippen LogP contribution in [0.25, 0.3) is 0 Å². The largest absolute Gasteiger partial charge is 0.147 e. The van der Waals surface area contributed by atoms with Crippen molar-refractivity contribution in [1.82, 2.24) is 0 Å². The SMILES string of the molecule is CC1=C[C](C)([Zr]([SiH](C)C)[C]2(C)C=CC(C)=C2)C=C1.Cl.Cl. The molecule has 0 radical (unpaired) electrons. The maximum Gasteiger partial charge on any atom is -0.147 e. The third kappa shape index (κ3) is 3.88. The molecule has 2 unspecified atom stereocenters. The van der Waals surface area contributed by atoms with Gasteiger partial charge >= 0.3 is 121 Å². The number of hydrogen-bond acceptors (Lipinski definition) is 0. The van der Waals surface area contributed by atoms with Crippen LogP contribution in [-0.2, 0) is 20.9 Å². The van der Waals surface area contributed by atoms with E-state index in [1.54, 1.807) is 0 Å². The summed E-state index contributed by atoms with van der Waals surface area (Å²) in [5.41, 5.74) is 2.94. The molecule has 0 saturated heterocycles. The third-order valence-corrected chi connectivity index (χ3v) is 28.4. The minimum Gasteiger partial charge on any atom is -0.147 e. The van der Waals surface area contributed by atoms with E-state index in [1.165, 1.54) is 11.1 Å². The molecule has 113 valence electrons. The van der Waals surface area contributed by atoms with E-state index in [0.717, 1.165) is 0 Å². The Kier molecular flexibility index (Phi) is 7.50. The Morgan fingerprint density at radius 1 is 0.850 bits per heavy atom. The molecule has 0 spiro atoms. The Hall–Kier alpha value is 0.640. The van der Waals surface area contributed by atoms with Gasteiger partial charge in [-0.1, -0.05) is 0 Å². The number of hydrogen-bond donors (Lipinski definition) is 0. The molecule has 2 aliphatic rings. The molecule has 0 amide bonds. The van der Waals surface area contributed by atoms with Crippen molar-refractivity contribution in [2.75, 3.05) is 0 Å². The van der Waals surface area contributed by atoms with Gasteiger partial charge in [-0.05, 0) is 0 Å². The summed E-state index contributed by atoms with van der Waals surface area (Å²) in [7, 11) is 0. The van der Waals surface area contributed by atoms with Crippen molar-refractivity contribution in [2.24, 2.45) is 0 Å². The Labute approximate surface area is 145 Å². The van der Waals surface area contributed by atoms with Crippen molar-refractivity contribution in [2.45, 2.75) is 47.0 Å². The van der Waals surface area contributed by atoms with E-state index in [4.69, 9.17) is 0 Å². The topological polar surface area (TPSA) is 0 Å². The smallest absolute Gasteiger partial charge is 0.147 e. The predicted molar refractivity (Wildman–Crippen MR) is 95.9 cm³/mol. The van der Waals surface area contributed by atoms with Crippen LogP contribution in [0, 0.1) is 0 Å². The van der Waals surface area contributed by atoms with Gasteiger partial charge in [-0.15, -0.1) is 24.8 Å². The maximum absolute atomic E-state index is 2.58. The summed E-state index contributed by atoms with van der Waals surface area (Å²) in [6.07, 6.45) is 14.9. The first kappa shape index (κ1) is 20.6. The molecule has 2 atom stereocenters. The fourth-order valence-corrected chi connectivity index (χ4v) is 32.9. The molecule has 20 heavy (non-hydrogen) atoms. The van der Waals surface area contributed by atoms with Crippen LogP contribution in [0.4, 0.5) is 0 Å². The fraction of sp³-hybridized carbons (Fsp3) is 0.500. The molecule has 2 rings (SSSR count).